The molecule has 1 amide bonds. The Morgan fingerprint density at radius 1 is 1.17 bits per heavy atom. The number of carbonyl (C=O) groups excluding carboxylic acids is 1. The molecule has 2 aliphatic heterocycles. The van der Waals surface area contributed by atoms with Crippen LogP contribution in [0.3, 0.4) is 0 Å². The van der Waals surface area contributed by atoms with Gasteiger partial charge in [-0.25, -0.2) is 4.68 Å². The molecule has 0 aliphatic carbocycles. The van der Waals surface area contributed by atoms with Gasteiger partial charge in [-0.3, -0.25) is 4.79 Å². The van der Waals surface area contributed by atoms with Gasteiger partial charge >= 0.3 is 0 Å². The number of nitrogens with one attached hydrogen (secondary N) is 1. The number of rotatable bonds is 3. The fourth-order valence-corrected chi connectivity index (χ4v) is 4.74. The molecule has 6 nitrogen and oxygen atoms in total. The van der Waals surface area contributed by atoms with E-state index in [-0.39, 0.29) is 12.5 Å². The number of ether oxygens (including phenoxy) is 2. The smallest absolute Gasteiger partial charge is 0.270 e. The number of carbonyl (C=O) groups is 1. The third kappa shape index (κ3) is 3.25. The summed E-state index contributed by atoms with van der Waals surface area (Å²) in [6.07, 6.45) is -0.711. The summed E-state index contributed by atoms with van der Waals surface area (Å²) >= 11 is 1.80. The minimum absolute atomic E-state index is 0.178. The fraction of sp³-hybridized carbons (Fsp3) is 0.273. The molecule has 0 saturated heterocycles. The van der Waals surface area contributed by atoms with Crippen molar-refractivity contribution in [3.8, 4) is 17.2 Å². The molecule has 0 bridgehead atoms. The van der Waals surface area contributed by atoms with Crippen molar-refractivity contribution in [2.45, 2.75) is 31.5 Å². The van der Waals surface area contributed by atoms with Crippen molar-refractivity contribution in [2.75, 3.05) is 11.9 Å². The Bertz CT molecular complexity index is 1110. The lowest BCUT2D eigenvalue weighted by atomic mass is 10.1. The molecule has 3 heterocycles. The summed E-state index contributed by atoms with van der Waals surface area (Å²) in [7, 11) is 0. The van der Waals surface area contributed by atoms with Crippen LogP contribution in [0.5, 0.6) is 11.5 Å². The molecule has 29 heavy (non-hydrogen) atoms. The number of hydrogen-bond donors (Lipinski definition) is 1. The minimum atomic E-state index is -0.711. The number of amides is 1. The van der Waals surface area contributed by atoms with Crippen molar-refractivity contribution >= 4 is 23.5 Å². The molecule has 3 aromatic rings. The number of thioether (sulfide) groups is 1. The SMILES string of the molecule is Cc1ccc(-n2nc3c(c2NC(=O)C2COc4ccccc4O2)CSC3)c(C)c1. The maximum atomic E-state index is 13.0. The van der Waals surface area contributed by atoms with E-state index in [0.29, 0.717) is 11.5 Å². The van der Waals surface area contributed by atoms with Crippen molar-refractivity contribution in [2.24, 2.45) is 0 Å². The molecule has 0 spiro atoms. The van der Waals surface area contributed by atoms with E-state index >= 15 is 0 Å². The van der Waals surface area contributed by atoms with Gasteiger partial charge in [0.15, 0.2) is 11.5 Å². The van der Waals surface area contributed by atoms with E-state index in [1.807, 2.05) is 35.0 Å². The topological polar surface area (TPSA) is 65.4 Å². The number of nitrogens with zero attached hydrogens (tertiary/aromatic N) is 2. The van der Waals surface area contributed by atoms with Crippen LogP contribution in [-0.4, -0.2) is 28.4 Å². The summed E-state index contributed by atoms with van der Waals surface area (Å²) in [5.41, 5.74) is 5.38. The molecule has 5 rings (SSSR count). The molecular weight excluding hydrogens is 386 g/mol. The molecule has 1 unspecified atom stereocenters. The van der Waals surface area contributed by atoms with Crippen LogP contribution >= 0.6 is 11.8 Å². The standard InChI is InChI=1S/C22H21N3O3S/c1-13-7-8-17(14(2)9-13)25-21(15-11-29-12-16(15)24-25)23-22(26)20-10-27-18-5-3-4-6-19(18)28-20/h3-9,20H,10-12H2,1-2H3,(H,23,26). The first kappa shape index (κ1) is 18.1. The van der Waals surface area contributed by atoms with E-state index in [4.69, 9.17) is 14.6 Å². The predicted molar refractivity (Wildman–Crippen MR) is 113 cm³/mol. The molecule has 7 heteroatoms. The van der Waals surface area contributed by atoms with Gasteiger partial charge in [0.05, 0.1) is 11.4 Å². The molecule has 2 aromatic carbocycles. The normalized spacial score (nSPS) is 17.1. The van der Waals surface area contributed by atoms with E-state index < -0.39 is 6.10 Å². The van der Waals surface area contributed by atoms with Crippen molar-refractivity contribution in [1.82, 2.24) is 9.78 Å². The Morgan fingerprint density at radius 3 is 2.83 bits per heavy atom. The zero-order valence-electron chi connectivity index (χ0n) is 16.3. The number of fused-ring (bicyclic) bond motifs is 2. The highest BCUT2D eigenvalue weighted by Gasteiger charge is 2.31. The molecular formula is C22H21N3O3S. The summed E-state index contributed by atoms with van der Waals surface area (Å²) in [6.45, 7) is 4.30. The van der Waals surface area contributed by atoms with Gasteiger partial charge < -0.3 is 14.8 Å². The maximum Gasteiger partial charge on any atom is 0.270 e. The molecule has 148 valence electrons. The Morgan fingerprint density at radius 2 is 2.00 bits per heavy atom. The number of hydrogen-bond acceptors (Lipinski definition) is 5. The number of anilines is 1. The van der Waals surface area contributed by atoms with Gasteiger partial charge in [-0.1, -0.05) is 29.8 Å². The average molecular weight is 407 g/mol. The van der Waals surface area contributed by atoms with Gasteiger partial charge in [0, 0.05) is 17.1 Å². The summed E-state index contributed by atoms with van der Waals surface area (Å²) in [5.74, 6) is 3.43. The first-order chi connectivity index (χ1) is 14.1. The van der Waals surface area contributed by atoms with Crippen LogP contribution in [0.25, 0.3) is 5.69 Å². The molecule has 0 saturated carbocycles. The van der Waals surface area contributed by atoms with E-state index in [1.165, 1.54) is 5.56 Å². The minimum Gasteiger partial charge on any atom is -0.485 e. The van der Waals surface area contributed by atoms with E-state index in [1.54, 1.807) is 11.8 Å². The first-order valence-corrected chi connectivity index (χ1v) is 10.7. The van der Waals surface area contributed by atoms with Crippen molar-refractivity contribution in [3.05, 3.63) is 64.8 Å². The average Bonchev–Trinajstić information content (AvgIpc) is 3.30. The molecule has 1 aromatic heterocycles. The van der Waals surface area contributed by atoms with Gasteiger partial charge in [-0.05, 0) is 37.6 Å². The molecule has 1 atom stereocenters. The number of aromatic nitrogens is 2. The fourth-order valence-electron chi connectivity index (χ4n) is 3.70. The predicted octanol–water partition coefficient (Wildman–Crippen LogP) is 4.01. The van der Waals surface area contributed by atoms with Crippen molar-refractivity contribution in [3.63, 3.8) is 0 Å². The van der Waals surface area contributed by atoms with Crippen LogP contribution in [0, 0.1) is 13.8 Å². The van der Waals surface area contributed by atoms with Crippen LogP contribution in [0.4, 0.5) is 5.82 Å². The van der Waals surface area contributed by atoms with Crippen LogP contribution in [-0.2, 0) is 16.3 Å². The van der Waals surface area contributed by atoms with E-state index in [0.717, 1.165) is 39.8 Å². The van der Waals surface area contributed by atoms with E-state index in [9.17, 15) is 4.79 Å². The second kappa shape index (κ2) is 7.15. The zero-order valence-corrected chi connectivity index (χ0v) is 17.1. The zero-order chi connectivity index (χ0) is 20.0. The molecule has 0 radical (unpaired) electrons. The van der Waals surface area contributed by atoms with E-state index in [2.05, 4.69) is 31.3 Å². The monoisotopic (exact) mass is 407 g/mol. The quantitative estimate of drug-likeness (QED) is 0.711. The van der Waals surface area contributed by atoms with Crippen molar-refractivity contribution in [1.29, 1.82) is 0 Å². The summed E-state index contributed by atoms with van der Waals surface area (Å²) in [5, 5.41) is 7.87. The largest absolute Gasteiger partial charge is 0.485 e. The Labute approximate surface area is 173 Å². The summed E-state index contributed by atoms with van der Waals surface area (Å²) in [4.78, 5) is 13.0. The second-order valence-corrected chi connectivity index (χ2v) is 8.31. The van der Waals surface area contributed by atoms with Crippen LogP contribution in [0.1, 0.15) is 22.4 Å². The lowest BCUT2D eigenvalue weighted by Crippen LogP contribution is -2.40. The van der Waals surface area contributed by atoms with Crippen LogP contribution in [0.15, 0.2) is 42.5 Å². The highest BCUT2D eigenvalue weighted by atomic mass is 32.2. The van der Waals surface area contributed by atoms with Crippen molar-refractivity contribution < 1.29 is 14.3 Å². The number of benzene rings is 2. The van der Waals surface area contributed by atoms with Crippen LogP contribution in [0.2, 0.25) is 0 Å². The summed E-state index contributed by atoms with van der Waals surface area (Å²) in [6, 6.07) is 13.6. The first-order valence-electron chi connectivity index (χ1n) is 9.55. The third-order valence-electron chi connectivity index (χ3n) is 5.18. The molecule has 2 aliphatic rings. The van der Waals surface area contributed by atoms with Gasteiger partial charge in [0.1, 0.15) is 12.4 Å². The van der Waals surface area contributed by atoms with Crippen LogP contribution < -0.4 is 14.8 Å². The lowest BCUT2D eigenvalue weighted by molar-refractivity contribution is -0.125. The highest BCUT2D eigenvalue weighted by molar-refractivity contribution is 7.98. The van der Waals surface area contributed by atoms with Gasteiger partial charge in [-0.2, -0.15) is 16.9 Å². The third-order valence-corrected chi connectivity index (χ3v) is 6.15. The van der Waals surface area contributed by atoms with Gasteiger partial charge in [-0.15, -0.1) is 0 Å². The lowest BCUT2D eigenvalue weighted by Gasteiger charge is -2.25. The number of para-hydroxylation sites is 2. The Kier molecular flexibility index (Phi) is 4.47. The molecule has 1 N–H and O–H groups in total. The Hall–Kier alpha value is -2.93. The highest BCUT2D eigenvalue weighted by Crippen LogP contribution is 2.37. The summed E-state index contributed by atoms with van der Waals surface area (Å²) < 4.78 is 13.4. The van der Waals surface area contributed by atoms with Gasteiger partial charge in [0.2, 0.25) is 6.10 Å². The maximum absolute atomic E-state index is 13.0. The van der Waals surface area contributed by atoms with Gasteiger partial charge in [0.25, 0.3) is 5.91 Å². The number of aryl methyl sites for hydroxylation is 2. The Balaban J connectivity index is 1.46. The second-order valence-electron chi connectivity index (χ2n) is 7.32. The molecule has 0 fully saturated rings.